The maximum Gasteiger partial charge on any atom is 0.270 e. The third kappa shape index (κ3) is 4.59. The van der Waals surface area contributed by atoms with Crippen LogP contribution in [0.3, 0.4) is 0 Å². The van der Waals surface area contributed by atoms with Crippen LogP contribution in [0.5, 0.6) is 5.75 Å². The van der Waals surface area contributed by atoms with E-state index in [0.717, 1.165) is 44.1 Å². The minimum absolute atomic E-state index is 0.0129. The number of hydrogen-bond donors (Lipinski definition) is 3. The van der Waals surface area contributed by atoms with Crippen LogP contribution in [0.4, 0.5) is 5.69 Å². The van der Waals surface area contributed by atoms with Crippen LogP contribution < -0.4 is 20.7 Å². The summed E-state index contributed by atoms with van der Waals surface area (Å²) in [5.74, 6) is -0.0962. The lowest BCUT2D eigenvalue weighted by atomic mass is 9.52. The number of carbonyl (C=O) groups excluding carboxylic acids is 4. The van der Waals surface area contributed by atoms with Crippen LogP contribution in [0, 0.1) is 10.8 Å². The molecule has 2 bridgehead atoms. The largest absolute Gasteiger partial charge is 0.482 e. The fourth-order valence-corrected chi connectivity index (χ4v) is 6.02. The Kier molecular flexibility index (Phi) is 6.04. The van der Waals surface area contributed by atoms with Gasteiger partial charge >= 0.3 is 0 Å². The SMILES string of the molecule is CC(=O)C12CCC(CNC(=O)c3cc(C(=O)NCc4ccc5c(c4)NC(=O)CO5)nc4ncnn34)(CC1)CC2. The molecule has 39 heavy (non-hydrogen) atoms. The summed E-state index contributed by atoms with van der Waals surface area (Å²) in [6.07, 6.45) is 6.63. The summed E-state index contributed by atoms with van der Waals surface area (Å²) in [5, 5.41) is 12.7. The van der Waals surface area contributed by atoms with Crippen LogP contribution in [0.1, 0.15) is 72.0 Å². The first-order valence-electron chi connectivity index (χ1n) is 13.1. The quantitative estimate of drug-likeness (QED) is 0.418. The van der Waals surface area contributed by atoms with Gasteiger partial charge in [-0.1, -0.05) is 6.07 Å². The van der Waals surface area contributed by atoms with Gasteiger partial charge in [-0.15, -0.1) is 0 Å². The number of benzene rings is 1. The third-order valence-electron chi connectivity index (χ3n) is 8.62. The van der Waals surface area contributed by atoms with Crippen molar-refractivity contribution in [2.75, 3.05) is 18.5 Å². The van der Waals surface area contributed by atoms with Crippen molar-refractivity contribution >= 4 is 35.0 Å². The van der Waals surface area contributed by atoms with Crippen LogP contribution in [-0.2, 0) is 16.1 Å². The first-order chi connectivity index (χ1) is 18.8. The van der Waals surface area contributed by atoms with Crippen molar-refractivity contribution in [2.45, 2.75) is 52.0 Å². The van der Waals surface area contributed by atoms with Gasteiger partial charge in [0.15, 0.2) is 6.61 Å². The zero-order valence-electron chi connectivity index (χ0n) is 21.6. The molecule has 12 heteroatoms. The molecule has 3 heterocycles. The highest BCUT2D eigenvalue weighted by Gasteiger charge is 2.50. The average molecular weight is 532 g/mol. The molecule has 0 unspecified atom stereocenters. The molecular weight excluding hydrogens is 502 g/mol. The Labute approximate surface area is 223 Å². The fraction of sp³-hybridized carbons (Fsp3) is 0.444. The minimum atomic E-state index is -0.480. The second kappa shape index (κ2) is 9.44. The predicted molar refractivity (Wildman–Crippen MR) is 138 cm³/mol. The topological polar surface area (TPSA) is 157 Å². The van der Waals surface area contributed by atoms with E-state index in [2.05, 4.69) is 31.0 Å². The number of carbonyl (C=O) groups is 4. The molecule has 4 aliphatic rings. The molecule has 1 aromatic carbocycles. The number of rotatable bonds is 7. The zero-order valence-corrected chi connectivity index (χ0v) is 21.6. The minimum Gasteiger partial charge on any atom is -0.482 e. The summed E-state index contributed by atoms with van der Waals surface area (Å²) in [7, 11) is 0. The highest BCUT2D eigenvalue weighted by atomic mass is 16.5. The molecule has 12 nitrogen and oxygen atoms in total. The van der Waals surface area contributed by atoms with Gasteiger partial charge in [0.1, 0.15) is 29.2 Å². The number of Topliss-reactive ketones (excluding diaryl/α,β-unsaturated/α-hetero) is 1. The van der Waals surface area contributed by atoms with E-state index in [1.54, 1.807) is 25.1 Å². The Hall–Kier alpha value is -4.35. The lowest BCUT2D eigenvalue weighted by Gasteiger charge is -2.52. The number of nitrogens with one attached hydrogen (secondary N) is 3. The highest BCUT2D eigenvalue weighted by Crippen LogP contribution is 2.56. The summed E-state index contributed by atoms with van der Waals surface area (Å²) in [6.45, 7) is 2.34. The van der Waals surface area contributed by atoms with E-state index in [1.807, 2.05) is 0 Å². The Morgan fingerprint density at radius 1 is 1.05 bits per heavy atom. The Morgan fingerprint density at radius 3 is 2.56 bits per heavy atom. The number of ketones is 1. The molecule has 3 amide bonds. The molecule has 3 aromatic rings. The fourth-order valence-electron chi connectivity index (χ4n) is 6.02. The van der Waals surface area contributed by atoms with Crippen molar-refractivity contribution in [2.24, 2.45) is 10.8 Å². The number of amides is 3. The summed E-state index contributed by atoms with van der Waals surface area (Å²) < 4.78 is 6.68. The van der Waals surface area contributed by atoms with Crippen LogP contribution in [-0.4, -0.2) is 56.2 Å². The van der Waals surface area contributed by atoms with Gasteiger partial charge in [0.25, 0.3) is 23.5 Å². The number of aromatic nitrogens is 4. The smallest absolute Gasteiger partial charge is 0.270 e. The second-order valence-electron chi connectivity index (χ2n) is 10.9. The number of fused-ring (bicyclic) bond motifs is 5. The number of ether oxygens (including phenoxy) is 1. The van der Waals surface area contributed by atoms with Crippen molar-refractivity contribution in [3.05, 3.63) is 47.5 Å². The summed E-state index contributed by atoms with van der Waals surface area (Å²) in [6, 6.07) is 6.67. The molecule has 3 aliphatic carbocycles. The lowest BCUT2D eigenvalue weighted by molar-refractivity contribution is -0.135. The normalized spacial score (nSPS) is 23.5. The van der Waals surface area contributed by atoms with Gasteiger partial charge in [0.2, 0.25) is 0 Å². The van der Waals surface area contributed by atoms with Gasteiger partial charge in [-0.05, 0) is 68.6 Å². The molecule has 0 spiro atoms. The van der Waals surface area contributed by atoms with Gasteiger partial charge in [0, 0.05) is 24.6 Å². The molecule has 0 saturated heterocycles. The van der Waals surface area contributed by atoms with Gasteiger partial charge < -0.3 is 20.7 Å². The van der Waals surface area contributed by atoms with Gasteiger partial charge in [-0.3, -0.25) is 19.2 Å². The summed E-state index contributed by atoms with van der Waals surface area (Å²) in [5.41, 5.74) is 1.31. The van der Waals surface area contributed by atoms with Crippen molar-refractivity contribution in [3.8, 4) is 5.75 Å². The second-order valence-corrected chi connectivity index (χ2v) is 10.9. The maximum absolute atomic E-state index is 13.3. The molecule has 202 valence electrons. The highest BCUT2D eigenvalue weighted by molar-refractivity contribution is 5.98. The van der Waals surface area contributed by atoms with E-state index in [1.165, 1.54) is 16.9 Å². The Balaban J connectivity index is 1.14. The van der Waals surface area contributed by atoms with Crippen molar-refractivity contribution < 1.29 is 23.9 Å². The molecule has 3 fully saturated rings. The predicted octanol–water partition coefficient (Wildman–Crippen LogP) is 2.04. The third-order valence-corrected chi connectivity index (χ3v) is 8.62. The standard InChI is InChI=1S/C27H29N7O5/c1-16(35)27-7-4-26(5-8-27,6-9-27)14-29-24(38)20-11-19(33-25-30-15-31-34(20)25)23(37)28-12-17-2-3-21-18(10-17)32-22(36)13-39-21/h2-3,10-11,15H,4-9,12-14H2,1H3,(H,28,37)(H,29,38)(H,32,36). The molecule has 0 radical (unpaired) electrons. The van der Waals surface area contributed by atoms with Crippen LogP contribution in [0.15, 0.2) is 30.6 Å². The van der Waals surface area contributed by atoms with E-state index in [-0.39, 0.29) is 58.7 Å². The number of hydrogen-bond acceptors (Lipinski definition) is 8. The van der Waals surface area contributed by atoms with Crippen molar-refractivity contribution in [3.63, 3.8) is 0 Å². The van der Waals surface area contributed by atoms with Gasteiger partial charge in [0.05, 0.1) is 5.69 Å². The van der Waals surface area contributed by atoms with Gasteiger partial charge in [-0.25, -0.2) is 4.98 Å². The monoisotopic (exact) mass is 531 g/mol. The first kappa shape index (κ1) is 25.0. The maximum atomic E-state index is 13.3. The summed E-state index contributed by atoms with van der Waals surface area (Å²) >= 11 is 0. The van der Waals surface area contributed by atoms with Gasteiger partial charge in [-0.2, -0.15) is 14.6 Å². The molecule has 2 aromatic heterocycles. The number of nitrogens with zero attached hydrogens (tertiary/aromatic N) is 4. The first-order valence-corrected chi connectivity index (χ1v) is 13.1. The van der Waals surface area contributed by atoms with E-state index in [4.69, 9.17) is 4.74 Å². The van der Waals surface area contributed by atoms with Crippen LogP contribution in [0.2, 0.25) is 0 Å². The summed E-state index contributed by atoms with van der Waals surface area (Å²) in [4.78, 5) is 58.4. The van der Waals surface area contributed by atoms with E-state index < -0.39 is 5.91 Å². The zero-order chi connectivity index (χ0) is 27.2. The Bertz CT molecular complexity index is 1490. The molecule has 3 N–H and O–H groups in total. The number of anilines is 1. The molecule has 1 aliphatic heterocycles. The van der Waals surface area contributed by atoms with Crippen molar-refractivity contribution in [1.29, 1.82) is 0 Å². The van der Waals surface area contributed by atoms with Crippen molar-refractivity contribution in [1.82, 2.24) is 30.2 Å². The van der Waals surface area contributed by atoms with E-state index in [0.29, 0.717) is 18.0 Å². The molecule has 7 rings (SSSR count). The molecular formula is C27H29N7O5. The molecule has 3 saturated carbocycles. The van der Waals surface area contributed by atoms with Crippen LogP contribution in [0.25, 0.3) is 5.78 Å². The molecule has 0 atom stereocenters. The Morgan fingerprint density at radius 2 is 1.82 bits per heavy atom. The van der Waals surface area contributed by atoms with E-state index in [9.17, 15) is 19.2 Å². The average Bonchev–Trinajstić information content (AvgIpc) is 3.44. The lowest BCUT2D eigenvalue weighted by Crippen LogP contribution is -2.49. The van der Waals surface area contributed by atoms with E-state index >= 15 is 0 Å². The van der Waals surface area contributed by atoms with Crippen LogP contribution >= 0.6 is 0 Å².